The van der Waals surface area contributed by atoms with Crippen LogP contribution in [0.1, 0.15) is 27.8 Å². The zero-order chi connectivity index (χ0) is 13.1. The van der Waals surface area contributed by atoms with E-state index in [2.05, 4.69) is 20.3 Å². The normalized spacial score (nSPS) is 10.4. The van der Waals surface area contributed by atoms with Crippen LogP contribution in [0.25, 0.3) is 0 Å². The fourth-order valence-electron chi connectivity index (χ4n) is 1.31. The Morgan fingerprint density at radius 1 is 1.39 bits per heavy atom. The first-order valence-corrected chi connectivity index (χ1v) is 5.62. The number of nitrogens with zero attached hydrogens (tertiary/aromatic N) is 3. The maximum Gasteiger partial charge on any atom is 0.271 e. The van der Waals surface area contributed by atoms with Crippen molar-refractivity contribution in [2.45, 2.75) is 20.4 Å². The minimum atomic E-state index is -0.376. The molecule has 0 aromatic carbocycles. The van der Waals surface area contributed by atoms with Crippen LogP contribution in [-0.4, -0.2) is 20.9 Å². The first-order chi connectivity index (χ1) is 8.56. The van der Waals surface area contributed by atoms with Gasteiger partial charge in [0.1, 0.15) is 16.6 Å². The standard InChI is InChI=1S/C11H11ClN4O2/c1-6-7(2)18-10(15-6)5-14-11(17)8-3-13-4-9(12)16-8/h3-4H,5H2,1-2H3,(H,14,17). The molecule has 1 N–H and O–H groups in total. The molecule has 2 aromatic heterocycles. The highest BCUT2D eigenvalue weighted by molar-refractivity contribution is 6.29. The first-order valence-electron chi connectivity index (χ1n) is 5.25. The van der Waals surface area contributed by atoms with E-state index in [0.29, 0.717) is 5.89 Å². The number of carbonyl (C=O) groups excluding carboxylic acids is 1. The van der Waals surface area contributed by atoms with Crippen molar-refractivity contribution >= 4 is 17.5 Å². The molecule has 0 bridgehead atoms. The van der Waals surface area contributed by atoms with Crippen LogP contribution >= 0.6 is 11.6 Å². The third kappa shape index (κ3) is 2.84. The molecule has 18 heavy (non-hydrogen) atoms. The molecule has 94 valence electrons. The predicted octanol–water partition coefficient (Wildman–Crippen LogP) is 1.66. The van der Waals surface area contributed by atoms with E-state index in [-0.39, 0.29) is 23.3 Å². The van der Waals surface area contributed by atoms with E-state index >= 15 is 0 Å². The van der Waals surface area contributed by atoms with Crippen molar-refractivity contribution in [2.24, 2.45) is 0 Å². The summed E-state index contributed by atoms with van der Waals surface area (Å²) in [5.74, 6) is 0.814. The van der Waals surface area contributed by atoms with Crippen molar-refractivity contribution in [1.82, 2.24) is 20.3 Å². The Bertz CT molecular complexity index is 563. The van der Waals surface area contributed by atoms with Gasteiger partial charge in [-0.3, -0.25) is 9.78 Å². The summed E-state index contributed by atoms with van der Waals surface area (Å²) in [5.41, 5.74) is 0.962. The lowest BCUT2D eigenvalue weighted by molar-refractivity contribution is 0.0941. The number of nitrogens with one attached hydrogen (secondary N) is 1. The number of halogens is 1. The summed E-state index contributed by atoms with van der Waals surface area (Å²) >= 11 is 5.65. The van der Waals surface area contributed by atoms with E-state index < -0.39 is 0 Å². The van der Waals surface area contributed by atoms with E-state index in [1.807, 2.05) is 13.8 Å². The number of rotatable bonds is 3. The summed E-state index contributed by atoms with van der Waals surface area (Å²) in [6, 6.07) is 0. The molecule has 0 aliphatic carbocycles. The van der Waals surface area contributed by atoms with Crippen LogP contribution in [0, 0.1) is 13.8 Å². The number of oxazole rings is 1. The minimum Gasteiger partial charge on any atom is -0.444 e. The van der Waals surface area contributed by atoms with Crippen LogP contribution in [0.15, 0.2) is 16.8 Å². The van der Waals surface area contributed by atoms with Gasteiger partial charge in [-0.2, -0.15) is 0 Å². The van der Waals surface area contributed by atoms with Gasteiger partial charge in [0.05, 0.1) is 24.6 Å². The van der Waals surface area contributed by atoms with Gasteiger partial charge in [0.15, 0.2) is 0 Å². The van der Waals surface area contributed by atoms with Crippen molar-refractivity contribution in [3.05, 3.63) is 40.6 Å². The molecule has 2 rings (SSSR count). The Labute approximate surface area is 108 Å². The van der Waals surface area contributed by atoms with Crippen LogP contribution in [0.5, 0.6) is 0 Å². The molecule has 0 atom stereocenters. The van der Waals surface area contributed by atoms with E-state index in [1.54, 1.807) is 0 Å². The molecule has 1 amide bonds. The van der Waals surface area contributed by atoms with Gasteiger partial charge in [-0.25, -0.2) is 9.97 Å². The average molecular weight is 267 g/mol. The molecule has 7 heteroatoms. The number of hydrogen-bond donors (Lipinski definition) is 1. The molecule has 0 aliphatic heterocycles. The van der Waals surface area contributed by atoms with Gasteiger partial charge in [-0.1, -0.05) is 11.6 Å². The Morgan fingerprint density at radius 2 is 2.17 bits per heavy atom. The first kappa shape index (κ1) is 12.5. The number of aromatic nitrogens is 3. The highest BCUT2D eigenvalue weighted by atomic mass is 35.5. The number of hydrogen-bond acceptors (Lipinski definition) is 5. The van der Waals surface area contributed by atoms with Gasteiger partial charge in [0.25, 0.3) is 5.91 Å². The van der Waals surface area contributed by atoms with Crippen LogP contribution in [-0.2, 0) is 6.54 Å². The molecule has 2 aromatic rings. The average Bonchev–Trinajstić information content (AvgIpc) is 2.66. The fourth-order valence-corrected chi connectivity index (χ4v) is 1.46. The van der Waals surface area contributed by atoms with Gasteiger partial charge in [-0.15, -0.1) is 0 Å². The van der Waals surface area contributed by atoms with Crippen LogP contribution < -0.4 is 5.32 Å². The van der Waals surface area contributed by atoms with E-state index in [0.717, 1.165) is 11.5 Å². The van der Waals surface area contributed by atoms with Crippen molar-refractivity contribution in [1.29, 1.82) is 0 Å². The molecular formula is C11H11ClN4O2. The quantitative estimate of drug-likeness (QED) is 0.914. The molecule has 0 saturated carbocycles. The van der Waals surface area contributed by atoms with E-state index in [1.165, 1.54) is 12.4 Å². The van der Waals surface area contributed by atoms with Gasteiger partial charge >= 0.3 is 0 Å². The van der Waals surface area contributed by atoms with Crippen molar-refractivity contribution in [3.8, 4) is 0 Å². The third-order valence-electron chi connectivity index (χ3n) is 2.31. The second kappa shape index (κ2) is 5.14. The molecule has 0 saturated heterocycles. The molecule has 6 nitrogen and oxygen atoms in total. The molecule has 2 heterocycles. The lowest BCUT2D eigenvalue weighted by Crippen LogP contribution is -2.24. The Hall–Kier alpha value is -1.95. The zero-order valence-corrected chi connectivity index (χ0v) is 10.7. The maximum absolute atomic E-state index is 11.7. The van der Waals surface area contributed by atoms with Crippen LogP contribution in [0.2, 0.25) is 5.15 Å². The third-order valence-corrected chi connectivity index (χ3v) is 2.49. The SMILES string of the molecule is Cc1nc(CNC(=O)c2cncc(Cl)n2)oc1C. The molecule has 0 fully saturated rings. The Kier molecular flexibility index (Phi) is 3.57. The van der Waals surface area contributed by atoms with Crippen LogP contribution in [0.4, 0.5) is 0 Å². The van der Waals surface area contributed by atoms with Crippen molar-refractivity contribution < 1.29 is 9.21 Å². The maximum atomic E-state index is 11.7. The molecule has 0 aliphatic rings. The smallest absolute Gasteiger partial charge is 0.271 e. The second-order valence-corrected chi connectivity index (χ2v) is 4.05. The summed E-state index contributed by atoms with van der Waals surface area (Å²) in [6.45, 7) is 3.85. The monoisotopic (exact) mass is 266 g/mol. The predicted molar refractivity (Wildman–Crippen MR) is 64.2 cm³/mol. The Morgan fingerprint density at radius 3 is 2.78 bits per heavy atom. The molecule has 0 unspecified atom stereocenters. The highest BCUT2D eigenvalue weighted by Crippen LogP contribution is 2.08. The lowest BCUT2D eigenvalue weighted by atomic mass is 10.4. The minimum absolute atomic E-state index is 0.155. The summed E-state index contributed by atoms with van der Waals surface area (Å²) < 4.78 is 5.34. The topological polar surface area (TPSA) is 80.9 Å². The number of carbonyl (C=O) groups is 1. The summed E-state index contributed by atoms with van der Waals surface area (Å²) in [7, 11) is 0. The lowest BCUT2D eigenvalue weighted by Gasteiger charge is -2.01. The van der Waals surface area contributed by atoms with Crippen LogP contribution in [0.3, 0.4) is 0 Å². The summed E-state index contributed by atoms with van der Waals surface area (Å²) in [5, 5.41) is 2.80. The van der Waals surface area contributed by atoms with Gasteiger partial charge < -0.3 is 9.73 Å². The molecular weight excluding hydrogens is 256 g/mol. The van der Waals surface area contributed by atoms with Gasteiger partial charge in [0, 0.05) is 0 Å². The number of amides is 1. The van der Waals surface area contributed by atoms with E-state index in [9.17, 15) is 4.79 Å². The van der Waals surface area contributed by atoms with Gasteiger partial charge in [0.2, 0.25) is 5.89 Å². The number of aryl methyl sites for hydroxylation is 2. The summed E-state index contributed by atoms with van der Waals surface area (Å²) in [6.07, 6.45) is 2.70. The molecule has 0 radical (unpaired) electrons. The largest absolute Gasteiger partial charge is 0.444 e. The van der Waals surface area contributed by atoms with Gasteiger partial charge in [-0.05, 0) is 13.8 Å². The van der Waals surface area contributed by atoms with Crippen molar-refractivity contribution in [2.75, 3.05) is 0 Å². The van der Waals surface area contributed by atoms with Crippen molar-refractivity contribution in [3.63, 3.8) is 0 Å². The molecule has 0 spiro atoms. The highest BCUT2D eigenvalue weighted by Gasteiger charge is 2.10. The Balaban J connectivity index is 2.00. The fraction of sp³-hybridized carbons (Fsp3) is 0.273. The second-order valence-electron chi connectivity index (χ2n) is 3.66. The summed E-state index contributed by atoms with van der Waals surface area (Å²) in [4.78, 5) is 23.5. The zero-order valence-electron chi connectivity index (χ0n) is 9.90. The van der Waals surface area contributed by atoms with E-state index in [4.69, 9.17) is 16.0 Å².